The summed E-state index contributed by atoms with van der Waals surface area (Å²) in [4.78, 5) is 23.2. The van der Waals surface area contributed by atoms with Crippen molar-refractivity contribution in [2.75, 3.05) is 6.73 Å². The monoisotopic (exact) mass is 371 g/mol. The van der Waals surface area contributed by atoms with Crippen LogP contribution in [0.15, 0.2) is 66.9 Å². The number of Topliss-reactive ketones (excluding diaryl/α,β-unsaturated/α-hetero) is 1. The highest BCUT2D eigenvalue weighted by Gasteiger charge is 2.33. The van der Waals surface area contributed by atoms with Crippen LogP contribution in [0.4, 0.5) is 0 Å². The number of carbonyl (C=O) groups is 1. The van der Waals surface area contributed by atoms with E-state index in [1.54, 1.807) is 30.7 Å². The fraction of sp³-hybridized carbons (Fsp3) is 0.136. The van der Waals surface area contributed by atoms with Gasteiger partial charge in [0.1, 0.15) is 18.2 Å². The number of hydrogen-bond acceptors (Lipinski definition) is 6. The molecule has 0 saturated carbocycles. The predicted octanol–water partition coefficient (Wildman–Crippen LogP) is 3.44. The predicted molar refractivity (Wildman–Crippen MR) is 103 cm³/mol. The third-order valence-corrected chi connectivity index (χ3v) is 4.79. The summed E-state index contributed by atoms with van der Waals surface area (Å²) in [5, 5.41) is 0. The molecule has 0 saturated heterocycles. The Bertz CT molecular complexity index is 1070. The summed E-state index contributed by atoms with van der Waals surface area (Å²) in [6.07, 6.45) is 8.71. The molecule has 0 spiro atoms. The van der Waals surface area contributed by atoms with Crippen LogP contribution in [0.2, 0.25) is 0 Å². The van der Waals surface area contributed by atoms with Gasteiger partial charge < -0.3 is 9.47 Å². The standard InChI is InChI=1S/C22H17N3O3/c26-21-17-5-6-19-18(13-25(14-27-19)12-16-4-2-8-24-11-16)22(17)28-20(21)9-15-3-1-7-23-10-15/h1-11H,12-14H2. The number of allylic oxidation sites excluding steroid dienone is 1. The number of rotatable bonds is 3. The Morgan fingerprint density at radius 1 is 1.07 bits per heavy atom. The maximum absolute atomic E-state index is 12.8. The van der Waals surface area contributed by atoms with Crippen LogP contribution in [0.25, 0.3) is 6.08 Å². The average Bonchev–Trinajstić information content (AvgIpc) is 3.05. The van der Waals surface area contributed by atoms with Crippen molar-refractivity contribution in [1.29, 1.82) is 0 Å². The highest BCUT2D eigenvalue weighted by Crippen LogP contribution is 2.42. The van der Waals surface area contributed by atoms with Gasteiger partial charge in [0.25, 0.3) is 0 Å². The second-order valence-electron chi connectivity index (χ2n) is 6.77. The van der Waals surface area contributed by atoms with Crippen molar-refractivity contribution in [2.24, 2.45) is 0 Å². The van der Waals surface area contributed by atoms with E-state index in [9.17, 15) is 4.79 Å². The molecule has 1 aromatic carbocycles. The van der Waals surface area contributed by atoms with Crippen LogP contribution in [-0.4, -0.2) is 27.4 Å². The van der Waals surface area contributed by atoms with Crippen molar-refractivity contribution in [2.45, 2.75) is 13.1 Å². The Hall–Kier alpha value is -3.51. The molecule has 6 heteroatoms. The molecular formula is C22H17N3O3. The van der Waals surface area contributed by atoms with Crippen molar-refractivity contribution < 1.29 is 14.3 Å². The van der Waals surface area contributed by atoms with Crippen molar-refractivity contribution in [3.63, 3.8) is 0 Å². The van der Waals surface area contributed by atoms with E-state index in [0.717, 1.165) is 22.4 Å². The Kier molecular flexibility index (Phi) is 4.10. The van der Waals surface area contributed by atoms with Gasteiger partial charge in [-0.25, -0.2) is 0 Å². The Balaban J connectivity index is 1.44. The van der Waals surface area contributed by atoms with Crippen molar-refractivity contribution >= 4 is 11.9 Å². The second kappa shape index (κ2) is 6.90. The quantitative estimate of drug-likeness (QED) is 0.657. The van der Waals surface area contributed by atoms with E-state index in [1.165, 1.54) is 0 Å². The minimum absolute atomic E-state index is 0.119. The minimum atomic E-state index is -0.119. The third-order valence-electron chi connectivity index (χ3n) is 4.79. The van der Waals surface area contributed by atoms with Gasteiger partial charge in [-0.3, -0.25) is 19.7 Å². The third kappa shape index (κ3) is 3.04. The number of aromatic nitrogens is 2. The normalized spacial score (nSPS) is 17.0. The van der Waals surface area contributed by atoms with Gasteiger partial charge in [-0.05, 0) is 41.5 Å². The smallest absolute Gasteiger partial charge is 0.231 e. The molecule has 138 valence electrons. The molecule has 6 nitrogen and oxygen atoms in total. The molecule has 0 atom stereocenters. The van der Waals surface area contributed by atoms with Crippen molar-refractivity contribution in [3.05, 3.63) is 89.2 Å². The highest BCUT2D eigenvalue weighted by molar-refractivity contribution is 6.15. The fourth-order valence-electron chi connectivity index (χ4n) is 3.47. The molecule has 0 amide bonds. The fourth-order valence-corrected chi connectivity index (χ4v) is 3.47. The first-order valence-corrected chi connectivity index (χ1v) is 9.02. The lowest BCUT2D eigenvalue weighted by atomic mass is 10.0. The van der Waals surface area contributed by atoms with Gasteiger partial charge in [0, 0.05) is 37.9 Å². The molecule has 0 bridgehead atoms. The van der Waals surface area contributed by atoms with Crippen LogP contribution >= 0.6 is 0 Å². The first-order chi connectivity index (χ1) is 13.8. The summed E-state index contributed by atoms with van der Waals surface area (Å²) in [5.41, 5.74) is 3.40. The molecule has 5 rings (SSSR count). The van der Waals surface area contributed by atoms with Gasteiger partial charge in [-0.15, -0.1) is 0 Å². The van der Waals surface area contributed by atoms with Crippen LogP contribution in [-0.2, 0) is 13.1 Å². The summed E-state index contributed by atoms with van der Waals surface area (Å²) < 4.78 is 11.9. The Morgan fingerprint density at radius 2 is 1.93 bits per heavy atom. The van der Waals surface area contributed by atoms with Crippen molar-refractivity contribution in [3.8, 4) is 11.5 Å². The number of ether oxygens (including phenoxy) is 2. The SMILES string of the molecule is O=C1C(=Cc2cccnc2)Oc2c1ccc1c2CN(Cc2cccnc2)CO1. The van der Waals surface area contributed by atoms with E-state index in [1.807, 2.05) is 36.5 Å². The average molecular weight is 371 g/mol. The van der Waals surface area contributed by atoms with E-state index in [2.05, 4.69) is 14.9 Å². The second-order valence-corrected chi connectivity index (χ2v) is 6.77. The molecule has 2 aliphatic heterocycles. The minimum Gasteiger partial charge on any atom is -0.478 e. The molecule has 0 radical (unpaired) electrons. The lowest BCUT2D eigenvalue weighted by Crippen LogP contribution is -2.31. The maximum atomic E-state index is 12.8. The topological polar surface area (TPSA) is 64.5 Å². The summed E-state index contributed by atoms with van der Waals surface area (Å²) in [7, 11) is 0. The van der Waals surface area contributed by atoms with E-state index in [0.29, 0.717) is 36.9 Å². The summed E-state index contributed by atoms with van der Waals surface area (Å²) in [5.74, 6) is 1.54. The first kappa shape index (κ1) is 16.6. The Morgan fingerprint density at radius 3 is 2.71 bits per heavy atom. The van der Waals surface area contributed by atoms with Gasteiger partial charge in [0.05, 0.1) is 11.1 Å². The zero-order valence-corrected chi connectivity index (χ0v) is 15.0. The number of hydrogen-bond donors (Lipinski definition) is 0. The number of ketones is 1. The number of carbonyl (C=O) groups excluding carboxylic acids is 1. The summed E-state index contributed by atoms with van der Waals surface area (Å²) in [6.45, 7) is 1.83. The molecule has 3 aromatic rings. The number of nitrogens with zero attached hydrogens (tertiary/aromatic N) is 3. The van der Waals surface area contributed by atoms with E-state index in [-0.39, 0.29) is 5.78 Å². The number of fused-ring (bicyclic) bond motifs is 3. The van der Waals surface area contributed by atoms with Gasteiger partial charge >= 0.3 is 0 Å². The molecule has 0 aliphatic carbocycles. The van der Waals surface area contributed by atoms with Gasteiger partial charge in [-0.2, -0.15) is 0 Å². The van der Waals surface area contributed by atoms with Crippen molar-refractivity contribution in [1.82, 2.24) is 14.9 Å². The molecule has 0 N–H and O–H groups in total. The zero-order chi connectivity index (χ0) is 18.9. The van der Waals surface area contributed by atoms with Crippen LogP contribution in [0.3, 0.4) is 0 Å². The first-order valence-electron chi connectivity index (χ1n) is 9.02. The molecule has 28 heavy (non-hydrogen) atoms. The molecule has 0 unspecified atom stereocenters. The van der Waals surface area contributed by atoms with E-state index in [4.69, 9.17) is 9.47 Å². The summed E-state index contributed by atoms with van der Waals surface area (Å²) in [6, 6.07) is 11.3. The molecule has 2 aliphatic rings. The van der Waals surface area contributed by atoms with Crippen LogP contribution < -0.4 is 9.47 Å². The molecule has 0 fully saturated rings. The van der Waals surface area contributed by atoms with Crippen LogP contribution in [0, 0.1) is 0 Å². The molecular weight excluding hydrogens is 354 g/mol. The number of pyridine rings is 2. The maximum Gasteiger partial charge on any atom is 0.231 e. The Labute approximate surface area is 162 Å². The van der Waals surface area contributed by atoms with Crippen LogP contribution in [0.1, 0.15) is 27.0 Å². The van der Waals surface area contributed by atoms with Gasteiger partial charge in [0.15, 0.2) is 5.76 Å². The molecule has 2 aromatic heterocycles. The summed E-state index contributed by atoms with van der Waals surface area (Å²) >= 11 is 0. The lowest BCUT2D eigenvalue weighted by molar-refractivity contribution is 0.0872. The van der Waals surface area contributed by atoms with E-state index >= 15 is 0 Å². The largest absolute Gasteiger partial charge is 0.478 e. The highest BCUT2D eigenvalue weighted by atomic mass is 16.5. The molecule has 4 heterocycles. The lowest BCUT2D eigenvalue weighted by Gasteiger charge is -2.29. The van der Waals surface area contributed by atoms with Gasteiger partial charge in [-0.1, -0.05) is 12.1 Å². The number of benzene rings is 1. The van der Waals surface area contributed by atoms with Gasteiger partial charge in [0.2, 0.25) is 5.78 Å². The zero-order valence-electron chi connectivity index (χ0n) is 15.0. The van der Waals surface area contributed by atoms with Crippen LogP contribution in [0.5, 0.6) is 11.5 Å². The van der Waals surface area contributed by atoms with E-state index < -0.39 is 0 Å².